The molecule has 1 fully saturated rings. The Morgan fingerprint density at radius 3 is 2.44 bits per heavy atom. The summed E-state index contributed by atoms with van der Waals surface area (Å²) in [6, 6.07) is 0. The summed E-state index contributed by atoms with van der Waals surface area (Å²) < 4.78 is 52.1. The normalized spacial score (nSPS) is 22.8. The largest absolute Gasteiger partial charge is 0.490 e. The molecular weight excluding hydrogens is 591 g/mol. The molecule has 1 aliphatic rings. The molecule has 0 aromatic carbocycles. The van der Waals surface area contributed by atoms with Crippen molar-refractivity contribution in [3.05, 3.63) is 22.2 Å². The fourth-order valence-electron chi connectivity index (χ4n) is 3.46. The fourth-order valence-corrected chi connectivity index (χ4v) is 6.49. The summed E-state index contributed by atoms with van der Waals surface area (Å²) in [5.74, 6) is -0.550. The molecule has 1 amide bonds. The van der Waals surface area contributed by atoms with Gasteiger partial charge in [0.2, 0.25) is 5.91 Å². The maximum absolute atomic E-state index is 12.4. The van der Waals surface area contributed by atoms with Crippen molar-refractivity contribution in [2.24, 2.45) is 5.73 Å². The lowest BCUT2D eigenvalue weighted by atomic mass is 10.1. The molecule has 2 unspecified atom stereocenters. The van der Waals surface area contributed by atoms with Gasteiger partial charge in [-0.3, -0.25) is 13.9 Å². The van der Waals surface area contributed by atoms with Gasteiger partial charge >= 0.3 is 29.2 Å². The van der Waals surface area contributed by atoms with E-state index in [0.29, 0.717) is 13.1 Å². The molecule has 2 rings (SSSR count). The number of amides is 1. The Morgan fingerprint density at radius 2 is 1.79 bits per heavy atom. The number of nitrogens with zero attached hydrogens (tertiary/aromatic N) is 2. The van der Waals surface area contributed by atoms with E-state index in [-0.39, 0.29) is 30.1 Å². The van der Waals surface area contributed by atoms with Gasteiger partial charge in [0.15, 0.2) is 0 Å². The van der Waals surface area contributed by atoms with Crippen molar-refractivity contribution in [3.63, 3.8) is 0 Å². The summed E-state index contributed by atoms with van der Waals surface area (Å²) >= 11 is 0. The minimum absolute atomic E-state index is 0.183. The van der Waals surface area contributed by atoms with Gasteiger partial charge in [-0.25, -0.2) is 18.5 Å². The monoisotopic (exact) mass is 623 g/mol. The van der Waals surface area contributed by atoms with Crippen molar-refractivity contribution in [2.75, 3.05) is 25.4 Å². The summed E-state index contributed by atoms with van der Waals surface area (Å²) in [4.78, 5) is 64.2. The van der Waals surface area contributed by atoms with Crippen LogP contribution in [0.25, 0.3) is 0 Å². The molecule has 39 heavy (non-hydrogen) atoms. The molecule has 10 N–H and O–H groups in total. The number of nitrogen functional groups attached to an aromatic ring is 1. The van der Waals surface area contributed by atoms with Gasteiger partial charge < -0.3 is 46.2 Å². The van der Waals surface area contributed by atoms with Gasteiger partial charge in [0, 0.05) is 24.7 Å². The predicted molar refractivity (Wildman–Crippen MR) is 131 cm³/mol. The third-order valence-corrected chi connectivity index (χ3v) is 9.00. The zero-order valence-corrected chi connectivity index (χ0v) is 23.2. The van der Waals surface area contributed by atoms with Crippen LogP contribution in [0, 0.1) is 0 Å². The number of rotatable bonds is 16. The van der Waals surface area contributed by atoms with E-state index in [0.717, 1.165) is 30.3 Å². The number of aromatic nitrogens is 2. The molecule has 224 valence electrons. The van der Waals surface area contributed by atoms with Crippen LogP contribution in [-0.4, -0.2) is 72.0 Å². The summed E-state index contributed by atoms with van der Waals surface area (Å²) in [7, 11) is -16.7. The lowest BCUT2D eigenvalue weighted by Gasteiger charge is -2.19. The number of nitrogens with two attached hydrogens (primary N) is 2. The van der Waals surface area contributed by atoms with Gasteiger partial charge in [-0.1, -0.05) is 12.8 Å². The first kappa shape index (κ1) is 33.6. The van der Waals surface area contributed by atoms with Crippen LogP contribution in [0.15, 0.2) is 11.0 Å². The van der Waals surface area contributed by atoms with E-state index < -0.39 is 54.2 Å². The zero-order valence-electron chi connectivity index (χ0n) is 20.5. The number of carbonyl (C=O) groups excluding carboxylic acids is 1. The summed E-state index contributed by atoms with van der Waals surface area (Å²) in [6.45, 7) is 0.120. The molecule has 0 radical (unpaired) electrons. The highest BCUT2D eigenvalue weighted by atomic mass is 31.3. The van der Waals surface area contributed by atoms with Crippen LogP contribution in [0.1, 0.15) is 43.9 Å². The van der Waals surface area contributed by atoms with E-state index in [1.54, 1.807) is 0 Å². The molecule has 1 aromatic rings. The molecule has 0 saturated carbocycles. The van der Waals surface area contributed by atoms with Gasteiger partial charge in [-0.2, -0.15) is 13.6 Å². The van der Waals surface area contributed by atoms with E-state index >= 15 is 0 Å². The number of carbonyl (C=O) groups is 1. The molecule has 1 saturated heterocycles. The number of aliphatic hydroxyl groups excluding tert-OH is 1. The van der Waals surface area contributed by atoms with Crippen molar-refractivity contribution in [1.82, 2.24) is 14.9 Å². The number of hydrogen-bond acceptors (Lipinski definition) is 13. The Bertz CT molecular complexity index is 1190. The van der Waals surface area contributed by atoms with Gasteiger partial charge in [0.25, 0.3) is 0 Å². The Balaban J connectivity index is 1.98. The number of phosphoric acid groups is 3. The van der Waals surface area contributed by atoms with Crippen molar-refractivity contribution < 1.29 is 61.1 Å². The van der Waals surface area contributed by atoms with E-state index in [2.05, 4.69) is 23.4 Å². The molecule has 5 atom stereocenters. The molecule has 1 aromatic heterocycles. The maximum Gasteiger partial charge on any atom is 0.490 e. The number of unbranched alkanes of at least 4 members (excludes halogenated alkanes) is 3. The number of aliphatic hydroxyl groups is 1. The first-order valence-electron chi connectivity index (χ1n) is 11.5. The highest BCUT2D eigenvalue weighted by Crippen LogP contribution is 2.66. The quantitative estimate of drug-likeness (QED) is 0.0808. The summed E-state index contributed by atoms with van der Waals surface area (Å²) in [5, 5.41) is 13.0. The molecule has 2 heterocycles. The molecule has 0 aliphatic carbocycles. The Kier molecular flexibility index (Phi) is 12.4. The minimum atomic E-state index is -5.72. The van der Waals surface area contributed by atoms with Crippen molar-refractivity contribution in [2.45, 2.75) is 57.0 Å². The Hall–Kier alpha value is -1.56. The first-order valence-corrected chi connectivity index (χ1v) is 16.0. The lowest BCUT2D eigenvalue weighted by molar-refractivity contribution is -0.120. The fraction of sp³-hybridized carbons (Fsp3) is 0.706. The minimum Gasteiger partial charge on any atom is -0.390 e. The Morgan fingerprint density at radius 1 is 1.13 bits per heavy atom. The number of anilines is 1. The van der Waals surface area contributed by atoms with Crippen LogP contribution in [0.4, 0.5) is 5.82 Å². The number of ether oxygens (including phenoxy) is 1. The number of nitrogens with one attached hydrogen (secondary N) is 1. The standard InChI is InChI=1S/C17H32N5O14P3/c18-5-3-1-2-4-6-20-14(24)7-11-9-22(17(25)21-16(11)19)15-8-12(23)13(34-15)10-33-38(29,30)36-39(31,32)35-37(26,27)28/h9,12-13,15,23H,1-8,10,18H2,(H,20,24)(H,29,30)(H,31,32)(H2,19,21,25)(H2,26,27,28)/t12-,13+,15+/m0/s1. The predicted octanol–water partition coefficient (Wildman–Crippen LogP) is -1.00. The highest BCUT2D eigenvalue weighted by Gasteiger charge is 2.43. The third-order valence-electron chi connectivity index (χ3n) is 5.20. The second-order valence-electron chi connectivity index (χ2n) is 8.39. The van der Waals surface area contributed by atoms with Crippen LogP contribution in [0.3, 0.4) is 0 Å². The third kappa shape index (κ3) is 11.8. The maximum atomic E-state index is 12.4. The number of phosphoric ester groups is 1. The second-order valence-corrected chi connectivity index (χ2v) is 12.8. The van der Waals surface area contributed by atoms with E-state index in [9.17, 15) is 38.2 Å². The first-order chi connectivity index (χ1) is 18.0. The molecule has 0 spiro atoms. The van der Waals surface area contributed by atoms with Crippen LogP contribution in [0.2, 0.25) is 0 Å². The topological polar surface area (TPSA) is 305 Å². The molecule has 1 aliphatic heterocycles. The summed E-state index contributed by atoms with van der Waals surface area (Å²) in [5.41, 5.74) is 10.5. The van der Waals surface area contributed by atoms with Gasteiger partial charge in [-0.05, 0) is 19.4 Å². The highest BCUT2D eigenvalue weighted by molar-refractivity contribution is 7.66. The van der Waals surface area contributed by atoms with Gasteiger partial charge in [0.1, 0.15) is 18.1 Å². The van der Waals surface area contributed by atoms with E-state index in [1.165, 1.54) is 6.20 Å². The van der Waals surface area contributed by atoms with Crippen molar-refractivity contribution in [1.29, 1.82) is 0 Å². The zero-order chi connectivity index (χ0) is 29.4. The molecular formula is C17H32N5O14P3. The van der Waals surface area contributed by atoms with Gasteiger partial charge in [-0.15, -0.1) is 0 Å². The van der Waals surface area contributed by atoms with Crippen LogP contribution in [0.5, 0.6) is 0 Å². The van der Waals surface area contributed by atoms with Crippen LogP contribution < -0.4 is 22.5 Å². The van der Waals surface area contributed by atoms with Crippen LogP contribution >= 0.6 is 23.5 Å². The van der Waals surface area contributed by atoms with Crippen LogP contribution in [-0.2, 0) is 42.8 Å². The molecule has 0 bridgehead atoms. The van der Waals surface area contributed by atoms with E-state index in [1.807, 2.05) is 0 Å². The smallest absolute Gasteiger partial charge is 0.390 e. The average Bonchev–Trinajstić information content (AvgIpc) is 3.14. The average molecular weight is 623 g/mol. The second kappa shape index (κ2) is 14.4. The van der Waals surface area contributed by atoms with Gasteiger partial charge in [0.05, 0.1) is 19.1 Å². The SMILES string of the molecule is NCCCCCCNC(=O)Cc1cn([C@H]2C[C@H](O)[C@@H](COP(=O)(O)OP(=O)(O)OP(=O)(O)O)O2)c(=O)nc1N. The van der Waals surface area contributed by atoms with E-state index in [4.69, 9.17) is 26.0 Å². The van der Waals surface area contributed by atoms with Crippen molar-refractivity contribution in [3.8, 4) is 0 Å². The lowest BCUT2D eigenvalue weighted by Crippen LogP contribution is -2.31. The molecule has 19 nitrogen and oxygen atoms in total. The molecule has 22 heteroatoms. The summed E-state index contributed by atoms with van der Waals surface area (Å²) in [6.07, 6.45) is 0.390. The van der Waals surface area contributed by atoms with Crippen molar-refractivity contribution >= 4 is 35.2 Å². The Labute approximate surface area is 221 Å². The number of hydrogen-bond donors (Lipinski definition) is 8.